The summed E-state index contributed by atoms with van der Waals surface area (Å²) in [5.41, 5.74) is 2.33. The number of methoxy groups -OCH3 is 1. The molecule has 29 heavy (non-hydrogen) atoms. The van der Waals surface area contributed by atoms with Gasteiger partial charge in [0.1, 0.15) is 5.75 Å². The highest BCUT2D eigenvalue weighted by molar-refractivity contribution is 14.0. The summed E-state index contributed by atoms with van der Waals surface area (Å²) in [4.78, 5) is 4.75. The number of rotatable bonds is 7. The van der Waals surface area contributed by atoms with Crippen molar-refractivity contribution in [2.24, 2.45) is 10.9 Å². The lowest BCUT2D eigenvalue weighted by Crippen LogP contribution is -2.42. The smallest absolute Gasteiger partial charge is 0.191 e. The number of guanidine groups is 1. The molecular weight excluding hydrogens is 477 g/mol. The van der Waals surface area contributed by atoms with E-state index in [1.807, 2.05) is 30.3 Å². The van der Waals surface area contributed by atoms with Gasteiger partial charge in [0, 0.05) is 31.2 Å². The number of ether oxygens (including phenoxy) is 2. The largest absolute Gasteiger partial charge is 0.496 e. The molecule has 2 aromatic rings. The Kier molecular flexibility index (Phi) is 10.3. The number of benzene rings is 2. The molecule has 2 unspecified atom stereocenters. The van der Waals surface area contributed by atoms with Gasteiger partial charge in [-0.05, 0) is 31.4 Å². The molecule has 0 aliphatic carbocycles. The molecular formula is C23H32IN3O2. The number of halogens is 1. The van der Waals surface area contributed by atoms with Crippen LogP contribution in [0.5, 0.6) is 5.75 Å². The molecule has 0 saturated carbocycles. The lowest BCUT2D eigenvalue weighted by molar-refractivity contribution is -0.0265. The van der Waals surface area contributed by atoms with Crippen LogP contribution in [-0.4, -0.2) is 32.8 Å². The van der Waals surface area contributed by atoms with E-state index in [2.05, 4.69) is 41.8 Å². The molecule has 158 valence electrons. The van der Waals surface area contributed by atoms with Crippen molar-refractivity contribution in [1.82, 2.24) is 10.6 Å². The minimum absolute atomic E-state index is 0. The van der Waals surface area contributed by atoms with Gasteiger partial charge in [-0.25, -0.2) is 4.99 Å². The predicted molar refractivity (Wildman–Crippen MR) is 129 cm³/mol. The molecule has 0 radical (unpaired) electrons. The Balaban J connectivity index is 0.00000300. The first kappa shape index (κ1) is 23.5. The Bertz CT molecular complexity index is 755. The third-order valence-electron chi connectivity index (χ3n) is 5.05. The predicted octanol–water partition coefficient (Wildman–Crippen LogP) is 4.54. The van der Waals surface area contributed by atoms with E-state index < -0.39 is 0 Å². The molecule has 0 aromatic heterocycles. The minimum atomic E-state index is 0. The molecule has 5 nitrogen and oxygen atoms in total. The van der Waals surface area contributed by atoms with E-state index in [0.29, 0.717) is 12.5 Å². The second-order valence-electron chi connectivity index (χ2n) is 6.99. The molecule has 0 amide bonds. The van der Waals surface area contributed by atoms with E-state index in [4.69, 9.17) is 14.5 Å². The van der Waals surface area contributed by atoms with Crippen LogP contribution < -0.4 is 15.4 Å². The van der Waals surface area contributed by atoms with E-state index in [1.165, 1.54) is 5.56 Å². The first-order chi connectivity index (χ1) is 13.8. The molecule has 2 N–H and O–H groups in total. The molecule has 1 saturated heterocycles. The van der Waals surface area contributed by atoms with Crippen LogP contribution >= 0.6 is 24.0 Å². The van der Waals surface area contributed by atoms with Crippen molar-refractivity contribution in [3.05, 3.63) is 65.7 Å². The average Bonchev–Trinajstić information content (AvgIpc) is 2.76. The lowest BCUT2D eigenvalue weighted by Gasteiger charge is -2.32. The second-order valence-corrected chi connectivity index (χ2v) is 6.99. The summed E-state index contributed by atoms with van der Waals surface area (Å²) < 4.78 is 11.5. The zero-order chi connectivity index (χ0) is 19.6. The van der Waals surface area contributed by atoms with Crippen molar-refractivity contribution in [2.45, 2.75) is 32.4 Å². The maximum Gasteiger partial charge on any atom is 0.191 e. The highest BCUT2D eigenvalue weighted by Crippen LogP contribution is 2.33. The Morgan fingerprint density at radius 1 is 1.10 bits per heavy atom. The van der Waals surface area contributed by atoms with Crippen molar-refractivity contribution in [3.8, 4) is 5.75 Å². The normalized spacial score (nSPS) is 19.2. The van der Waals surface area contributed by atoms with Gasteiger partial charge < -0.3 is 20.1 Å². The summed E-state index contributed by atoms with van der Waals surface area (Å²) in [5, 5.41) is 6.86. The second kappa shape index (κ2) is 12.7. The monoisotopic (exact) mass is 509 g/mol. The van der Waals surface area contributed by atoms with Crippen molar-refractivity contribution >= 4 is 29.9 Å². The molecule has 1 aliphatic heterocycles. The van der Waals surface area contributed by atoms with Crippen molar-refractivity contribution < 1.29 is 9.47 Å². The van der Waals surface area contributed by atoms with Crippen LogP contribution in [0.3, 0.4) is 0 Å². The van der Waals surface area contributed by atoms with Crippen LogP contribution in [0.2, 0.25) is 0 Å². The van der Waals surface area contributed by atoms with E-state index in [9.17, 15) is 0 Å². The molecule has 2 atom stereocenters. The lowest BCUT2D eigenvalue weighted by atomic mass is 9.89. The first-order valence-corrected chi connectivity index (χ1v) is 10.1. The van der Waals surface area contributed by atoms with Crippen LogP contribution in [0, 0.1) is 5.92 Å². The van der Waals surface area contributed by atoms with Gasteiger partial charge in [-0.2, -0.15) is 0 Å². The molecule has 3 rings (SSSR count). The van der Waals surface area contributed by atoms with Gasteiger partial charge in [-0.1, -0.05) is 48.5 Å². The number of hydrogen-bond donors (Lipinski definition) is 2. The maximum absolute atomic E-state index is 6.11. The quantitative estimate of drug-likeness (QED) is 0.327. The summed E-state index contributed by atoms with van der Waals surface area (Å²) in [6, 6.07) is 18.5. The van der Waals surface area contributed by atoms with Gasteiger partial charge in [0.25, 0.3) is 0 Å². The molecule has 0 bridgehead atoms. The van der Waals surface area contributed by atoms with E-state index in [-0.39, 0.29) is 30.1 Å². The number of nitrogens with one attached hydrogen (secondary N) is 2. The van der Waals surface area contributed by atoms with Crippen molar-refractivity contribution in [3.63, 3.8) is 0 Å². The number of para-hydroxylation sites is 1. The van der Waals surface area contributed by atoms with Gasteiger partial charge in [0.05, 0.1) is 19.8 Å². The minimum Gasteiger partial charge on any atom is -0.496 e. The third kappa shape index (κ3) is 6.89. The fourth-order valence-electron chi connectivity index (χ4n) is 3.63. The Hall–Kier alpha value is -1.80. The number of nitrogens with zero attached hydrogens (tertiary/aromatic N) is 1. The third-order valence-corrected chi connectivity index (χ3v) is 5.05. The Morgan fingerprint density at radius 2 is 1.86 bits per heavy atom. The zero-order valence-corrected chi connectivity index (χ0v) is 19.6. The topological polar surface area (TPSA) is 54.9 Å². The molecule has 1 fully saturated rings. The summed E-state index contributed by atoms with van der Waals surface area (Å²) in [6.07, 6.45) is 2.39. The summed E-state index contributed by atoms with van der Waals surface area (Å²) in [7, 11) is 1.69. The van der Waals surface area contributed by atoms with Crippen molar-refractivity contribution in [1.29, 1.82) is 0 Å². The fourth-order valence-corrected chi connectivity index (χ4v) is 3.63. The van der Waals surface area contributed by atoms with Crippen LogP contribution in [0.4, 0.5) is 0 Å². The van der Waals surface area contributed by atoms with Crippen molar-refractivity contribution in [2.75, 3.05) is 26.8 Å². The molecule has 1 aliphatic rings. The first-order valence-electron chi connectivity index (χ1n) is 10.1. The van der Waals surface area contributed by atoms with E-state index >= 15 is 0 Å². The molecule has 0 spiro atoms. The van der Waals surface area contributed by atoms with Crippen LogP contribution in [0.1, 0.15) is 37.0 Å². The molecule has 1 heterocycles. The van der Waals surface area contributed by atoms with E-state index in [1.54, 1.807) is 7.11 Å². The molecule has 6 heteroatoms. The maximum atomic E-state index is 6.11. The number of hydrogen-bond acceptors (Lipinski definition) is 3. The van der Waals surface area contributed by atoms with Crippen LogP contribution in [0.25, 0.3) is 0 Å². The zero-order valence-electron chi connectivity index (χ0n) is 17.3. The van der Waals surface area contributed by atoms with Gasteiger partial charge in [-0.15, -0.1) is 24.0 Å². The van der Waals surface area contributed by atoms with Crippen LogP contribution in [-0.2, 0) is 11.3 Å². The molecule has 2 aromatic carbocycles. The number of aliphatic imine (C=N–C) groups is 1. The summed E-state index contributed by atoms with van der Waals surface area (Å²) in [5.74, 6) is 2.11. The van der Waals surface area contributed by atoms with Gasteiger partial charge in [0.2, 0.25) is 0 Å². The standard InChI is InChI=1S/C23H31N3O2.HI/c1-3-24-23(25-16-19-12-7-8-14-21(19)27-2)26-17-20-13-9-15-28-22(20)18-10-5-4-6-11-18;/h4-8,10-12,14,20,22H,3,9,13,15-17H2,1-2H3,(H2,24,25,26);1H. The van der Waals surface area contributed by atoms with Gasteiger partial charge >= 0.3 is 0 Å². The Labute approximate surface area is 191 Å². The van der Waals surface area contributed by atoms with Crippen LogP contribution in [0.15, 0.2) is 59.6 Å². The highest BCUT2D eigenvalue weighted by atomic mass is 127. The summed E-state index contributed by atoms with van der Waals surface area (Å²) >= 11 is 0. The van der Waals surface area contributed by atoms with Gasteiger partial charge in [0.15, 0.2) is 5.96 Å². The van der Waals surface area contributed by atoms with Gasteiger partial charge in [-0.3, -0.25) is 0 Å². The fraction of sp³-hybridized carbons (Fsp3) is 0.435. The average molecular weight is 509 g/mol. The highest BCUT2D eigenvalue weighted by Gasteiger charge is 2.27. The summed E-state index contributed by atoms with van der Waals surface area (Å²) in [6.45, 7) is 5.13. The van der Waals surface area contributed by atoms with E-state index in [0.717, 1.165) is 49.8 Å². The Morgan fingerprint density at radius 3 is 2.62 bits per heavy atom. The SMILES string of the molecule is CCNC(=NCc1ccccc1OC)NCC1CCCOC1c1ccccc1.I.